The summed E-state index contributed by atoms with van der Waals surface area (Å²) >= 11 is 0. The van der Waals surface area contributed by atoms with Gasteiger partial charge in [-0.3, -0.25) is 9.69 Å². The molecule has 6 heteroatoms. The molecule has 1 saturated heterocycles. The van der Waals surface area contributed by atoms with Gasteiger partial charge in [0.05, 0.1) is 16.9 Å². The monoisotopic (exact) mass is 597 g/mol. The van der Waals surface area contributed by atoms with Gasteiger partial charge in [0, 0.05) is 26.2 Å². The molecule has 6 rings (SSSR count). The number of fused-ring (bicyclic) bond motifs is 7. The Labute approximate surface area is 256 Å². The van der Waals surface area contributed by atoms with Crippen LogP contribution in [0, 0.1) is 62.7 Å². The van der Waals surface area contributed by atoms with E-state index in [1.807, 2.05) is 0 Å². The highest BCUT2D eigenvalue weighted by Crippen LogP contribution is 2.77. The lowest BCUT2D eigenvalue weighted by Gasteiger charge is -2.72. The second-order valence-electron chi connectivity index (χ2n) is 16.9. The van der Waals surface area contributed by atoms with E-state index < -0.39 is 9.84 Å². The molecular weight excluding hydrogens is 540 g/mol. The minimum atomic E-state index is -2.89. The van der Waals surface area contributed by atoms with Crippen molar-refractivity contribution >= 4 is 15.7 Å². The van der Waals surface area contributed by atoms with Crippen molar-refractivity contribution < 1.29 is 13.2 Å². The molecule has 1 N–H and O–H groups in total. The van der Waals surface area contributed by atoms with Crippen LogP contribution in [0.15, 0.2) is 18.2 Å². The Hall–Kier alpha value is -1.14. The van der Waals surface area contributed by atoms with Crippen LogP contribution in [0.2, 0.25) is 0 Å². The summed E-state index contributed by atoms with van der Waals surface area (Å²) in [6, 6.07) is 0. The van der Waals surface area contributed by atoms with Gasteiger partial charge >= 0.3 is 0 Å². The zero-order chi connectivity index (χ0) is 30.3. The minimum absolute atomic E-state index is 0.144. The molecular formula is C36H57N2O3S. The molecule has 1 heterocycles. The maximum absolute atomic E-state index is 14.3. The smallest absolute Gasteiger partial charge is 0.226 e. The topological polar surface area (TPSA) is 66.5 Å². The molecule has 9 atom stereocenters. The number of amides is 1. The molecule has 0 spiro atoms. The molecule has 5 nitrogen and oxygen atoms in total. The van der Waals surface area contributed by atoms with E-state index >= 15 is 0 Å². The Morgan fingerprint density at radius 1 is 0.952 bits per heavy atom. The molecule has 4 saturated carbocycles. The zero-order valence-corrected chi connectivity index (χ0v) is 28.2. The first kappa shape index (κ1) is 30.9. The van der Waals surface area contributed by atoms with Gasteiger partial charge in [-0.05, 0) is 122 Å². The highest BCUT2D eigenvalue weighted by Gasteiger charge is 2.71. The first-order chi connectivity index (χ1) is 19.6. The van der Waals surface area contributed by atoms with Crippen molar-refractivity contribution in [2.24, 2.45) is 56.7 Å². The third kappa shape index (κ3) is 4.45. The summed E-state index contributed by atoms with van der Waals surface area (Å²) in [6.07, 6.45) is 16.6. The fourth-order valence-electron chi connectivity index (χ4n) is 12.5. The third-order valence-electron chi connectivity index (χ3n) is 14.8. The molecule has 5 aliphatic carbocycles. The SMILES string of the molecule is C=C(C)[C@@H]1CC[C@]2(C(=O)NCCN3CCS(=O)(=O)CC3)CC[C@]3(C)[C@H](CC[C@@H]4[C@]5(C)CC=[C]C(C)(C)[C@H]5CC[C@]43C)[C@@H]12. The second kappa shape index (κ2) is 10.2. The van der Waals surface area contributed by atoms with E-state index in [4.69, 9.17) is 0 Å². The van der Waals surface area contributed by atoms with Crippen molar-refractivity contribution in [1.29, 1.82) is 0 Å². The van der Waals surface area contributed by atoms with Crippen LogP contribution in [0.25, 0.3) is 0 Å². The van der Waals surface area contributed by atoms with E-state index in [0.29, 0.717) is 54.6 Å². The van der Waals surface area contributed by atoms with Gasteiger partial charge in [0.1, 0.15) is 0 Å². The van der Waals surface area contributed by atoms with Gasteiger partial charge in [0.2, 0.25) is 5.91 Å². The summed E-state index contributed by atoms with van der Waals surface area (Å²) in [5.74, 6) is 3.48. The van der Waals surface area contributed by atoms with Crippen LogP contribution < -0.4 is 5.32 Å². The van der Waals surface area contributed by atoms with Gasteiger partial charge in [-0.2, -0.15) is 0 Å². The Morgan fingerprint density at radius 3 is 2.36 bits per heavy atom. The standard InChI is InChI=1S/C36H57N2O3S/c1-25(2)26-11-16-36(31(39)37-19-20-38-21-23-42(40,41)24-22-38)18-17-34(6)27(30(26)36)9-10-29-33(5)14-8-13-32(3,4)28(33)12-15-35(29,34)7/h8,26-30H,1,9-12,14-24H2,2-7H3,(H,37,39)/t26-,27+,28+,29+,30+,33+,34+,35+,36-/m0/s1. The average Bonchev–Trinajstić information content (AvgIpc) is 3.31. The molecule has 42 heavy (non-hydrogen) atoms. The zero-order valence-electron chi connectivity index (χ0n) is 27.4. The lowest BCUT2D eigenvalue weighted by molar-refractivity contribution is -0.226. The Balaban J connectivity index is 1.25. The molecule has 1 amide bonds. The number of sulfone groups is 1. The molecule has 0 bridgehead atoms. The lowest BCUT2D eigenvalue weighted by atomic mass is 9.33. The lowest BCUT2D eigenvalue weighted by Crippen LogP contribution is -2.66. The Kier molecular flexibility index (Phi) is 7.49. The van der Waals surface area contributed by atoms with Crippen LogP contribution in [0.3, 0.4) is 0 Å². The van der Waals surface area contributed by atoms with Crippen LogP contribution in [0.5, 0.6) is 0 Å². The van der Waals surface area contributed by atoms with E-state index in [2.05, 4.69) is 70.5 Å². The number of hydrogen-bond donors (Lipinski definition) is 1. The number of nitrogens with one attached hydrogen (secondary N) is 1. The molecule has 0 unspecified atom stereocenters. The predicted octanol–water partition coefficient (Wildman–Crippen LogP) is 6.46. The van der Waals surface area contributed by atoms with Crippen molar-refractivity contribution in [3.05, 3.63) is 24.3 Å². The van der Waals surface area contributed by atoms with Crippen molar-refractivity contribution in [2.75, 3.05) is 37.7 Å². The maximum atomic E-state index is 14.3. The molecule has 1 radical (unpaired) electrons. The number of nitrogens with zero attached hydrogens (tertiary/aromatic N) is 1. The number of carbonyl (C=O) groups is 1. The van der Waals surface area contributed by atoms with E-state index in [1.165, 1.54) is 31.3 Å². The average molecular weight is 598 g/mol. The molecule has 0 aromatic rings. The summed E-state index contributed by atoms with van der Waals surface area (Å²) in [7, 11) is -2.89. The summed E-state index contributed by atoms with van der Waals surface area (Å²) in [5, 5.41) is 3.40. The largest absolute Gasteiger partial charge is 0.354 e. The van der Waals surface area contributed by atoms with Gasteiger partial charge in [-0.15, -0.1) is 0 Å². The normalized spacial score (nSPS) is 47.4. The molecule has 5 fully saturated rings. The third-order valence-corrected chi connectivity index (χ3v) is 16.4. The number of carbonyl (C=O) groups excluding carboxylic acids is 1. The molecule has 6 aliphatic rings. The quantitative estimate of drug-likeness (QED) is 0.370. The van der Waals surface area contributed by atoms with Crippen molar-refractivity contribution in [1.82, 2.24) is 10.2 Å². The Bertz CT molecular complexity index is 1240. The predicted molar refractivity (Wildman–Crippen MR) is 170 cm³/mol. The number of rotatable bonds is 5. The first-order valence-electron chi connectivity index (χ1n) is 17.1. The van der Waals surface area contributed by atoms with Crippen molar-refractivity contribution in [2.45, 2.75) is 99.3 Å². The maximum Gasteiger partial charge on any atom is 0.226 e. The van der Waals surface area contributed by atoms with Gasteiger partial charge in [0.15, 0.2) is 9.84 Å². The van der Waals surface area contributed by atoms with Crippen LogP contribution in [-0.2, 0) is 14.6 Å². The molecule has 235 valence electrons. The number of allylic oxidation sites excluding steroid dienone is 3. The van der Waals surface area contributed by atoms with Gasteiger partial charge < -0.3 is 5.32 Å². The summed E-state index contributed by atoms with van der Waals surface area (Å²) in [5.41, 5.74) is 1.94. The first-order valence-corrected chi connectivity index (χ1v) is 18.9. The fraction of sp³-hybridized carbons (Fsp3) is 0.861. The van der Waals surface area contributed by atoms with E-state index in [-0.39, 0.29) is 39.1 Å². The van der Waals surface area contributed by atoms with E-state index in [0.717, 1.165) is 38.6 Å². The molecule has 0 aromatic heterocycles. The van der Waals surface area contributed by atoms with E-state index in [9.17, 15) is 13.2 Å². The van der Waals surface area contributed by atoms with Crippen LogP contribution in [0.1, 0.15) is 99.3 Å². The van der Waals surface area contributed by atoms with Crippen molar-refractivity contribution in [3.8, 4) is 0 Å². The van der Waals surface area contributed by atoms with Crippen LogP contribution in [0.4, 0.5) is 0 Å². The Morgan fingerprint density at radius 2 is 1.67 bits per heavy atom. The summed E-state index contributed by atoms with van der Waals surface area (Å²) in [6.45, 7) is 22.0. The minimum Gasteiger partial charge on any atom is -0.354 e. The fourth-order valence-corrected chi connectivity index (χ4v) is 13.8. The summed E-state index contributed by atoms with van der Waals surface area (Å²) in [4.78, 5) is 16.5. The van der Waals surface area contributed by atoms with E-state index in [1.54, 1.807) is 0 Å². The highest BCUT2D eigenvalue weighted by atomic mass is 32.2. The summed E-state index contributed by atoms with van der Waals surface area (Å²) < 4.78 is 23.7. The molecule has 1 aliphatic heterocycles. The van der Waals surface area contributed by atoms with Crippen LogP contribution >= 0.6 is 0 Å². The second-order valence-corrected chi connectivity index (χ2v) is 19.2. The highest BCUT2D eigenvalue weighted by molar-refractivity contribution is 7.91. The van der Waals surface area contributed by atoms with Gasteiger partial charge in [0.25, 0.3) is 0 Å². The van der Waals surface area contributed by atoms with Crippen molar-refractivity contribution in [3.63, 3.8) is 0 Å². The van der Waals surface area contributed by atoms with Crippen LogP contribution in [-0.4, -0.2) is 56.9 Å². The van der Waals surface area contributed by atoms with Gasteiger partial charge in [-0.25, -0.2) is 8.42 Å². The van der Waals surface area contributed by atoms with Gasteiger partial charge in [-0.1, -0.05) is 52.8 Å². The molecule has 0 aromatic carbocycles. The number of hydrogen-bond acceptors (Lipinski definition) is 4.